The molecule has 6 rings (SSSR count). The van der Waals surface area contributed by atoms with Crippen molar-refractivity contribution in [2.75, 3.05) is 30.8 Å². The van der Waals surface area contributed by atoms with Gasteiger partial charge in [0.15, 0.2) is 31.0 Å². The fourth-order valence-electron chi connectivity index (χ4n) is 5.12. The lowest BCUT2D eigenvalue weighted by Gasteiger charge is -2.19. The minimum Gasteiger partial charge on any atom is -0.382 e. The van der Waals surface area contributed by atoms with E-state index in [1.54, 1.807) is 9.13 Å². The quantitative estimate of drug-likeness (QED) is 0.214. The second-order valence-corrected chi connectivity index (χ2v) is 11.9. The topological polar surface area (TPSA) is 231 Å². The predicted molar refractivity (Wildman–Crippen MR) is 142 cm³/mol. The molecule has 5 N–H and O–H groups in total. The molecule has 6 heterocycles. The van der Waals surface area contributed by atoms with Crippen LogP contribution in [-0.2, 0) is 27.7 Å². The molecular formula is C21H27FN10O7P2. The van der Waals surface area contributed by atoms with Gasteiger partial charge in [-0.25, -0.2) is 34.3 Å². The molecule has 2 saturated heterocycles. The van der Waals surface area contributed by atoms with Gasteiger partial charge in [0.25, 0.3) is 0 Å². The minimum absolute atomic E-state index is 0.0230. The van der Waals surface area contributed by atoms with Crippen molar-refractivity contribution in [3.05, 3.63) is 25.3 Å². The zero-order valence-electron chi connectivity index (χ0n) is 21.3. The molecule has 0 spiro atoms. The second-order valence-electron chi connectivity index (χ2n) is 9.64. The molecule has 0 radical (unpaired) electrons. The highest BCUT2D eigenvalue weighted by Crippen LogP contribution is 2.42. The van der Waals surface area contributed by atoms with Crippen molar-refractivity contribution in [1.29, 1.82) is 0 Å². The summed E-state index contributed by atoms with van der Waals surface area (Å²) in [6.07, 6.45) is 1.74. The monoisotopic (exact) mass is 612 g/mol. The zero-order chi connectivity index (χ0) is 28.7. The highest BCUT2D eigenvalue weighted by Gasteiger charge is 2.40. The first-order chi connectivity index (χ1) is 19.8. The van der Waals surface area contributed by atoms with E-state index < -0.39 is 47.1 Å². The van der Waals surface area contributed by atoms with Crippen molar-refractivity contribution >= 4 is 50.2 Å². The van der Waals surface area contributed by atoms with Crippen LogP contribution in [0.15, 0.2) is 25.3 Å². The van der Waals surface area contributed by atoms with Crippen molar-refractivity contribution in [2.24, 2.45) is 5.92 Å². The van der Waals surface area contributed by atoms with Gasteiger partial charge < -0.3 is 34.9 Å². The average molecular weight is 612 g/mol. The van der Waals surface area contributed by atoms with E-state index in [0.717, 1.165) is 0 Å². The molecule has 0 aliphatic carbocycles. The van der Waals surface area contributed by atoms with Crippen LogP contribution in [0.1, 0.15) is 25.3 Å². The number of aromatic nitrogens is 8. The molecule has 2 aliphatic heterocycles. The van der Waals surface area contributed by atoms with Crippen molar-refractivity contribution in [1.82, 2.24) is 39.0 Å². The van der Waals surface area contributed by atoms with E-state index >= 15 is 0 Å². The van der Waals surface area contributed by atoms with E-state index in [1.807, 2.05) is 0 Å². The van der Waals surface area contributed by atoms with Crippen molar-refractivity contribution in [3.63, 3.8) is 0 Å². The van der Waals surface area contributed by atoms with Crippen molar-refractivity contribution < 1.29 is 36.9 Å². The number of nitrogens with zero attached hydrogens (tertiary/aromatic N) is 8. The largest absolute Gasteiger partial charge is 0.382 e. The van der Waals surface area contributed by atoms with Gasteiger partial charge in [0.05, 0.1) is 32.0 Å². The Labute approximate surface area is 232 Å². The van der Waals surface area contributed by atoms with Crippen LogP contribution in [0.2, 0.25) is 0 Å². The van der Waals surface area contributed by atoms with E-state index in [4.69, 9.17) is 34.9 Å². The fourth-order valence-corrected chi connectivity index (χ4v) is 6.75. The molecule has 20 heteroatoms. The van der Waals surface area contributed by atoms with Crippen LogP contribution < -0.4 is 11.5 Å². The molecular weight excluding hydrogens is 585 g/mol. The van der Waals surface area contributed by atoms with Crippen LogP contribution in [0.25, 0.3) is 22.3 Å². The van der Waals surface area contributed by atoms with Crippen LogP contribution in [0, 0.1) is 5.92 Å². The molecule has 41 heavy (non-hydrogen) atoms. The van der Waals surface area contributed by atoms with E-state index in [9.17, 15) is 13.5 Å². The number of anilines is 2. The Morgan fingerprint density at radius 2 is 1.44 bits per heavy atom. The predicted octanol–water partition coefficient (Wildman–Crippen LogP) is 1.25. The van der Waals surface area contributed by atoms with Gasteiger partial charge >= 0.3 is 8.25 Å². The third-order valence-electron chi connectivity index (χ3n) is 7.13. The van der Waals surface area contributed by atoms with E-state index in [2.05, 4.69) is 29.9 Å². The SMILES string of the molecule is Nc1ncnc2c1ncn2[C@H]1C[C@H](C[PH](=O)OC[C@H]2O[C@@H](n3cnc4c(N)ncnc43)C[C@H]2F)C(CO[PH](=O)O)O1. The summed E-state index contributed by atoms with van der Waals surface area (Å²) in [4.78, 5) is 33.8. The number of hydrogen-bond acceptors (Lipinski definition) is 14. The van der Waals surface area contributed by atoms with E-state index in [1.165, 1.54) is 25.3 Å². The Morgan fingerprint density at radius 1 is 0.878 bits per heavy atom. The van der Waals surface area contributed by atoms with Gasteiger partial charge in [-0.05, 0) is 6.42 Å². The standard InChI is InChI=1S/C21H27FN10O7P2/c22-11-2-15(32-9-30-17-19(24)26-7-28-21(17)32)39-13(11)4-36-40(33)5-10-1-14(38-12(10)3-37-41(34)35)31-8-29-16-18(23)25-6-27-20(16)31/h6-15,40-41H,1-5H2,(H,34,35)(H2,23,25,27)(H2,24,26,28)/t10-,11-,12?,13-,14-,15-/m1/s1. The molecule has 3 unspecified atom stereocenters. The Hall–Kier alpha value is -3.11. The van der Waals surface area contributed by atoms with E-state index in [0.29, 0.717) is 28.7 Å². The number of ether oxygens (including phenoxy) is 2. The summed E-state index contributed by atoms with van der Waals surface area (Å²) >= 11 is 0. The second kappa shape index (κ2) is 11.6. The Morgan fingerprint density at radius 3 is 2.05 bits per heavy atom. The molecule has 4 aromatic heterocycles. The Balaban J connectivity index is 1.09. The van der Waals surface area contributed by atoms with Crippen molar-refractivity contribution in [3.8, 4) is 0 Å². The number of rotatable bonds is 10. The zero-order valence-corrected chi connectivity index (χ0v) is 23.3. The fraction of sp³-hybridized carbons (Fsp3) is 0.524. The summed E-state index contributed by atoms with van der Waals surface area (Å²) in [7, 11) is -5.91. The Kier molecular flexibility index (Phi) is 7.96. The van der Waals surface area contributed by atoms with Gasteiger partial charge in [0.2, 0.25) is 0 Å². The minimum atomic E-state index is -3.22. The first-order valence-corrected chi connectivity index (χ1v) is 15.4. The highest BCUT2D eigenvalue weighted by molar-refractivity contribution is 7.39. The molecule has 0 saturated carbocycles. The summed E-state index contributed by atoms with van der Waals surface area (Å²) in [6, 6.07) is 0. The van der Waals surface area contributed by atoms with E-state index in [-0.39, 0.29) is 43.4 Å². The first kappa shape index (κ1) is 28.0. The summed E-state index contributed by atoms with van der Waals surface area (Å²) in [5.41, 5.74) is 13.4. The molecule has 0 amide bonds. The summed E-state index contributed by atoms with van der Waals surface area (Å²) in [5, 5.41) is 0. The number of imidazole rings is 2. The maximum Gasteiger partial charge on any atom is 0.316 e. The van der Waals surface area contributed by atoms with Crippen LogP contribution in [-0.4, -0.2) is 81.7 Å². The maximum absolute atomic E-state index is 14.9. The number of nitrogens with two attached hydrogens (primary N) is 2. The summed E-state index contributed by atoms with van der Waals surface area (Å²) in [6.45, 7) is -0.425. The molecule has 0 bridgehead atoms. The molecule has 4 aromatic rings. The normalized spacial score (nSPS) is 28.0. The number of alkyl halides is 1. The molecule has 17 nitrogen and oxygen atoms in total. The third kappa shape index (κ3) is 5.68. The van der Waals surface area contributed by atoms with Gasteiger partial charge in [-0.3, -0.25) is 18.3 Å². The smallest absolute Gasteiger partial charge is 0.316 e. The summed E-state index contributed by atoms with van der Waals surface area (Å²) in [5.74, 6) is 0.0425. The average Bonchev–Trinajstić information content (AvgIpc) is 3.72. The number of hydrogen-bond donors (Lipinski definition) is 3. The first-order valence-electron chi connectivity index (χ1n) is 12.6. The highest BCUT2D eigenvalue weighted by atomic mass is 31.1. The van der Waals surface area contributed by atoms with Gasteiger partial charge in [0.1, 0.15) is 48.4 Å². The third-order valence-corrected chi connectivity index (χ3v) is 8.89. The van der Waals surface area contributed by atoms with Crippen LogP contribution in [0.5, 0.6) is 0 Å². The lowest BCUT2D eigenvalue weighted by atomic mass is 10.0. The maximum atomic E-state index is 14.9. The Bertz CT molecular complexity index is 1610. The number of nitrogen functional groups attached to an aromatic ring is 2. The van der Waals surface area contributed by atoms with Gasteiger partial charge in [-0.15, -0.1) is 0 Å². The molecule has 2 aliphatic rings. The van der Waals surface area contributed by atoms with Gasteiger partial charge in [0, 0.05) is 18.5 Å². The molecule has 8 atom stereocenters. The number of halogens is 1. The van der Waals surface area contributed by atoms with Crippen LogP contribution in [0.3, 0.4) is 0 Å². The molecule has 0 aromatic carbocycles. The molecule has 220 valence electrons. The van der Waals surface area contributed by atoms with Crippen molar-refractivity contribution in [2.45, 2.75) is 43.7 Å². The van der Waals surface area contributed by atoms with Crippen LogP contribution >= 0.6 is 16.3 Å². The lowest BCUT2D eigenvalue weighted by molar-refractivity contribution is -0.0271. The van der Waals surface area contributed by atoms with Gasteiger partial charge in [-0.2, -0.15) is 0 Å². The lowest BCUT2D eigenvalue weighted by Crippen LogP contribution is -2.25. The number of fused-ring (bicyclic) bond motifs is 2. The summed E-state index contributed by atoms with van der Waals surface area (Å²) < 4.78 is 64.7. The van der Waals surface area contributed by atoms with Gasteiger partial charge in [-0.1, -0.05) is 0 Å². The molecule has 2 fully saturated rings. The van der Waals surface area contributed by atoms with Crippen LogP contribution in [0.4, 0.5) is 16.0 Å².